The van der Waals surface area contributed by atoms with Crippen LogP contribution >= 0.6 is 0 Å². The Hall–Kier alpha value is -1.42. The molecule has 4 heteroatoms. The Morgan fingerprint density at radius 3 is 2.92 bits per heavy atom. The van der Waals surface area contributed by atoms with Crippen LogP contribution in [0.25, 0.3) is 0 Å². The molecule has 0 fully saturated rings. The number of nitrogens with zero attached hydrogens (tertiary/aromatic N) is 1. The number of rotatable bonds is 3. The van der Waals surface area contributed by atoms with Crippen molar-refractivity contribution < 1.29 is 9.90 Å². The molecule has 1 aromatic rings. The highest BCUT2D eigenvalue weighted by Crippen LogP contribution is 2.05. The standard InChI is InChI=1S/C9H12N2O2/c1-7-2-3-8(6-10-7)11-9(13)4-5-12/h2-3,6,12H,4-5H2,1H3,(H,11,13). The summed E-state index contributed by atoms with van der Waals surface area (Å²) in [5, 5.41) is 11.1. The van der Waals surface area contributed by atoms with E-state index in [1.165, 1.54) is 0 Å². The Morgan fingerprint density at radius 2 is 2.38 bits per heavy atom. The van der Waals surface area contributed by atoms with Crippen LogP contribution in [-0.2, 0) is 4.79 Å². The van der Waals surface area contributed by atoms with Crippen LogP contribution in [0.1, 0.15) is 12.1 Å². The molecule has 1 aromatic heterocycles. The summed E-state index contributed by atoms with van der Waals surface area (Å²) >= 11 is 0. The van der Waals surface area contributed by atoms with Crippen molar-refractivity contribution in [2.75, 3.05) is 11.9 Å². The number of anilines is 1. The normalized spacial score (nSPS) is 9.69. The van der Waals surface area contributed by atoms with Crippen molar-refractivity contribution in [3.8, 4) is 0 Å². The summed E-state index contributed by atoms with van der Waals surface area (Å²) in [5.74, 6) is -0.201. The monoisotopic (exact) mass is 180 g/mol. The number of aliphatic hydroxyl groups is 1. The molecule has 2 N–H and O–H groups in total. The van der Waals surface area contributed by atoms with Gasteiger partial charge in [0.15, 0.2) is 0 Å². The predicted octanol–water partition coefficient (Wildman–Crippen LogP) is 0.711. The zero-order valence-electron chi connectivity index (χ0n) is 7.45. The molecule has 1 amide bonds. The average Bonchev–Trinajstić information content (AvgIpc) is 2.09. The molecule has 0 spiro atoms. The Balaban J connectivity index is 2.54. The number of nitrogens with one attached hydrogen (secondary N) is 1. The Morgan fingerprint density at radius 1 is 1.62 bits per heavy atom. The van der Waals surface area contributed by atoms with Crippen molar-refractivity contribution in [3.05, 3.63) is 24.0 Å². The molecule has 0 saturated carbocycles. The number of aliphatic hydroxyl groups excluding tert-OH is 1. The first kappa shape index (κ1) is 9.67. The summed E-state index contributed by atoms with van der Waals surface area (Å²) in [6.07, 6.45) is 1.71. The molecular weight excluding hydrogens is 168 g/mol. The minimum Gasteiger partial charge on any atom is -0.396 e. The van der Waals surface area contributed by atoms with E-state index in [-0.39, 0.29) is 18.9 Å². The molecule has 0 unspecified atom stereocenters. The number of aryl methyl sites for hydroxylation is 1. The number of hydrogen-bond donors (Lipinski definition) is 2. The van der Waals surface area contributed by atoms with E-state index in [2.05, 4.69) is 10.3 Å². The summed E-state index contributed by atoms with van der Waals surface area (Å²) in [4.78, 5) is 15.0. The number of aromatic nitrogens is 1. The van der Waals surface area contributed by atoms with Gasteiger partial charge in [0.05, 0.1) is 24.9 Å². The highest BCUT2D eigenvalue weighted by Gasteiger charge is 2.00. The van der Waals surface area contributed by atoms with E-state index in [1.54, 1.807) is 12.3 Å². The highest BCUT2D eigenvalue weighted by atomic mass is 16.3. The third-order valence-corrected chi connectivity index (χ3v) is 1.53. The maximum atomic E-state index is 11.0. The summed E-state index contributed by atoms with van der Waals surface area (Å²) in [7, 11) is 0. The molecule has 13 heavy (non-hydrogen) atoms. The average molecular weight is 180 g/mol. The summed E-state index contributed by atoms with van der Waals surface area (Å²) in [6.45, 7) is 1.74. The Labute approximate surface area is 76.6 Å². The maximum Gasteiger partial charge on any atom is 0.226 e. The van der Waals surface area contributed by atoms with Gasteiger partial charge in [-0.25, -0.2) is 0 Å². The second kappa shape index (κ2) is 4.57. The lowest BCUT2D eigenvalue weighted by Crippen LogP contribution is -2.12. The third kappa shape index (κ3) is 3.21. The van der Waals surface area contributed by atoms with Crippen LogP contribution in [0, 0.1) is 6.92 Å². The summed E-state index contributed by atoms with van der Waals surface area (Å²) in [6, 6.07) is 3.59. The van der Waals surface area contributed by atoms with E-state index in [4.69, 9.17) is 5.11 Å². The Kier molecular flexibility index (Phi) is 3.40. The number of hydrogen-bond acceptors (Lipinski definition) is 3. The molecule has 0 aromatic carbocycles. The van der Waals surface area contributed by atoms with E-state index in [0.717, 1.165) is 5.69 Å². The largest absolute Gasteiger partial charge is 0.396 e. The van der Waals surface area contributed by atoms with E-state index < -0.39 is 0 Å². The molecule has 1 rings (SSSR count). The van der Waals surface area contributed by atoms with Crippen LogP contribution in [0.2, 0.25) is 0 Å². The number of carbonyl (C=O) groups excluding carboxylic acids is 1. The molecule has 0 bridgehead atoms. The lowest BCUT2D eigenvalue weighted by Gasteiger charge is -2.02. The van der Waals surface area contributed by atoms with Crippen molar-refractivity contribution in [2.24, 2.45) is 0 Å². The van der Waals surface area contributed by atoms with Crippen LogP contribution < -0.4 is 5.32 Å². The fourth-order valence-electron chi connectivity index (χ4n) is 0.867. The molecule has 70 valence electrons. The quantitative estimate of drug-likeness (QED) is 0.720. The lowest BCUT2D eigenvalue weighted by atomic mass is 10.3. The smallest absolute Gasteiger partial charge is 0.226 e. The van der Waals surface area contributed by atoms with Crippen molar-refractivity contribution in [1.82, 2.24) is 4.98 Å². The number of carbonyl (C=O) groups is 1. The van der Waals surface area contributed by atoms with Gasteiger partial charge in [-0.3, -0.25) is 9.78 Å². The van der Waals surface area contributed by atoms with Gasteiger partial charge >= 0.3 is 0 Å². The van der Waals surface area contributed by atoms with Crippen LogP contribution in [0.15, 0.2) is 18.3 Å². The molecule has 0 atom stereocenters. The summed E-state index contributed by atoms with van der Waals surface area (Å²) < 4.78 is 0. The van der Waals surface area contributed by atoms with Crippen molar-refractivity contribution in [1.29, 1.82) is 0 Å². The minimum atomic E-state index is -0.201. The second-order valence-electron chi connectivity index (χ2n) is 2.71. The molecule has 1 heterocycles. The summed E-state index contributed by atoms with van der Waals surface area (Å²) in [5.41, 5.74) is 1.56. The first-order valence-corrected chi connectivity index (χ1v) is 4.06. The van der Waals surface area contributed by atoms with Crippen molar-refractivity contribution in [3.63, 3.8) is 0 Å². The van der Waals surface area contributed by atoms with Crippen LogP contribution in [0.5, 0.6) is 0 Å². The molecule has 0 aliphatic carbocycles. The molecule has 0 radical (unpaired) electrons. The number of pyridine rings is 1. The zero-order valence-corrected chi connectivity index (χ0v) is 7.45. The first-order valence-electron chi connectivity index (χ1n) is 4.06. The van der Waals surface area contributed by atoms with Gasteiger partial charge in [-0.1, -0.05) is 0 Å². The maximum absolute atomic E-state index is 11.0. The van der Waals surface area contributed by atoms with Gasteiger partial charge < -0.3 is 10.4 Å². The predicted molar refractivity (Wildman–Crippen MR) is 49.3 cm³/mol. The van der Waals surface area contributed by atoms with Gasteiger partial charge in [-0.05, 0) is 19.1 Å². The van der Waals surface area contributed by atoms with Gasteiger partial charge in [-0.15, -0.1) is 0 Å². The van der Waals surface area contributed by atoms with E-state index in [0.29, 0.717) is 5.69 Å². The number of amides is 1. The fourth-order valence-corrected chi connectivity index (χ4v) is 0.867. The molecule has 4 nitrogen and oxygen atoms in total. The van der Waals surface area contributed by atoms with Crippen LogP contribution in [-0.4, -0.2) is 22.6 Å². The second-order valence-corrected chi connectivity index (χ2v) is 2.71. The van der Waals surface area contributed by atoms with Gasteiger partial charge in [0.1, 0.15) is 0 Å². The molecule has 0 aliphatic heterocycles. The van der Waals surface area contributed by atoms with Crippen molar-refractivity contribution in [2.45, 2.75) is 13.3 Å². The molecule has 0 aliphatic rings. The van der Waals surface area contributed by atoms with Gasteiger partial charge in [0, 0.05) is 5.69 Å². The Bertz CT molecular complexity index is 282. The van der Waals surface area contributed by atoms with E-state index in [9.17, 15) is 4.79 Å². The SMILES string of the molecule is Cc1ccc(NC(=O)CCO)cn1. The zero-order chi connectivity index (χ0) is 9.68. The van der Waals surface area contributed by atoms with Gasteiger partial charge in [0.25, 0.3) is 0 Å². The topological polar surface area (TPSA) is 62.2 Å². The first-order chi connectivity index (χ1) is 6.22. The highest BCUT2D eigenvalue weighted by molar-refractivity contribution is 5.90. The molecular formula is C9H12N2O2. The van der Waals surface area contributed by atoms with E-state index in [1.807, 2.05) is 13.0 Å². The van der Waals surface area contributed by atoms with Crippen LogP contribution in [0.3, 0.4) is 0 Å². The molecule has 0 saturated heterocycles. The van der Waals surface area contributed by atoms with Crippen molar-refractivity contribution >= 4 is 11.6 Å². The van der Waals surface area contributed by atoms with E-state index >= 15 is 0 Å². The minimum absolute atomic E-state index is 0.119. The fraction of sp³-hybridized carbons (Fsp3) is 0.333. The third-order valence-electron chi connectivity index (χ3n) is 1.53. The van der Waals surface area contributed by atoms with Gasteiger partial charge in [0.2, 0.25) is 5.91 Å². The van der Waals surface area contributed by atoms with Gasteiger partial charge in [-0.2, -0.15) is 0 Å². The lowest BCUT2D eigenvalue weighted by molar-refractivity contribution is -0.116. The van der Waals surface area contributed by atoms with Crippen LogP contribution in [0.4, 0.5) is 5.69 Å².